The number of hydrogen-bond acceptors (Lipinski definition) is 4. The minimum atomic E-state index is 0.296. The van der Waals surface area contributed by atoms with Crippen LogP contribution in [0.4, 0.5) is 0 Å². The van der Waals surface area contributed by atoms with E-state index in [9.17, 15) is 0 Å². The van der Waals surface area contributed by atoms with E-state index in [4.69, 9.17) is 4.98 Å². The zero-order chi connectivity index (χ0) is 14.7. The Morgan fingerprint density at radius 2 is 2.19 bits per heavy atom. The Morgan fingerprint density at radius 1 is 1.29 bits per heavy atom. The van der Waals surface area contributed by atoms with Gasteiger partial charge in [-0.25, -0.2) is 0 Å². The van der Waals surface area contributed by atoms with Gasteiger partial charge in [0.05, 0.1) is 11.7 Å². The molecule has 1 fully saturated rings. The highest BCUT2D eigenvalue weighted by Crippen LogP contribution is 2.33. The van der Waals surface area contributed by atoms with Gasteiger partial charge in [-0.1, -0.05) is 6.07 Å². The monoisotopic (exact) mass is 301 g/mol. The second kappa shape index (κ2) is 6.69. The number of hydrogen-bond donors (Lipinski definition) is 1. The standard InChI is InChI=1S/C17H23N3S/c1-13-11-15(21-12-13)17(16-14(2)5-3-7-19-16)20-9-4-6-18-8-10-20/h3,5,7,11-12,17-18H,4,6,8-10H2,1-2H3. The molecule has 0 saturated carbocycles. The minimum absolute atomic E-state index is 0.296. The Labute approximate surface area is 131 Å². The van der Waals surface area contributed by atoms with Gasteiger partial charge in [0.15, 0.2) is 0 Å². The number of rotatable bonds is 3. The van der Waals surface area contributed by atoms with Crippen LogP contribution in [0.5, 0.6) is 0 Å². The Kier molecular flexibility index (Phi) is 4.68. The topological polar surface area (TPSA) is 28.2 Å². The molecule has 0 radical (unpaired) electrons. The molecule has 0 spiro atoms. The van der Waals surface area contributed by atoms with Crippen molar-refractivity contribution < 1.29 is 0 Å². The van der Waals surface area contributed by atoms with Crippen LogP contribution in [-0.2, 0) is 0 Å². The molecule has 3 nitrogen and oxygen atoms in total. The summed E-state index contributed by atoms with van der Waals surface area (Å²) >= 11 is 1.86. The van der Waals surface area contributed by atoms with E-state index in [2.05, 4.69) is 41.6 Å². The highest BCUT2D eigenvalue weighted by molar-refractivity contribution is 7.10. The molecule has 0 aliphatic carbocycles. The molecule has 2 aromatic rings. The molecule has 1 atom stereocenters. The molecular formula is C17H23N3S. The third kappa shape index (κ3) is 3.34. The first kappa shape index (κ1) is 14.7. The van der Waals surface area contributed by atoms with Crippen molar-refractivity contribution in [3.8, 4) is 0 Å². The number of pyridine rings is 1. The predicted molar refractivity (Wildman–Crippen MR) is 88.9 cm³/mol. The van der Waals surface area contributed by atoms with E-state index in [0.717, 1.165) is 26.2 Å². The number of aromatic nitrogens is 1. The summed E-state index contributed by atoms with van der Waals surface area (Å²) in [5, 5.41) is 5.74. The van der Waals surface area contributed by atoms with Crippen molar-refractivity contribution in [3.63, 3.8) is 0 Å². The smallest absolute Gasteiger partial charge is 0.0873 e. The first-order chi connectivity index (χ1) is 10.3. The predicted octanol–water partition coefficient (Wildman–Crippen LogP) is 3.14. The molecule has 4 heteroatoms. The molecule has 1 aliphatic rings. The first-order valence-electron chi connectivity index (χ1n) is 7.67. The average molecular weight is 301 g/mol. The lowest BCUT2D eigenvalue weighted by Gasteiger charge is -2.30. The normalized spacial score (nSPS) is 18.4. The van der Waals surface area contributed by atoms with Crippen LogP contribution in [0.25, 0.3) is 0 Å². The zero-order valence-electron chi connectivity index (χ0n) is 12.8. The van der Waals surface area contributed by atoms with Gasteiger partial charge >= 0.3 is 0 Å². The summed E-state index contributed by atoms with van der Waals surface area (Å²) < 4.78 is 0. The Morgan fingerprint density at radius 3 is 2.95 bits per heavy atom. The van der Waals surface area contributed by atoms with Gasteiger partial charge in [0, 0.05) is 30.7 Å². The van der Waals surface area contributed by atoms with Gasteiger partial charge in [-0.3, -0.25) is 9.88 Å². The maximum atomic E-state index is 4.71. The Hall–Kier alpha value is -1.23. The molecule has 0 amide bonds. The van der Waals surface area contributed by atoms with Gasteiger partial charge in [0.25, 0.3) is 0 Å². The van der Waals surface area contributed by atoms with Gasteiger partial charge in [-0.05, 0) is 55.5 Å². The summed E-state index contributed by atoms with van der Waals surface area (Å²) in [5.74, 6) is 0. The van der Waals surface area contributed by atoms with Crippen LogP contribution in [-0.4, -0.2) is 36.1 Å². The number of thiophene rings is 1. The second-order valence-corrected chi connectivity index (χ2v) is 6.72. The maximum absolute atomic E-state index is 4.71. The summed E-state index contributed by atoms with van der Waals surface area (Å²) in [7, 11) is 0. The Bertz CT molecular complexity index is 585. The summed E-state index contributed by atoms with van der Waals surface area (Å²) in [6, 6.07) is 6.82. The highest BCUT2D eigenvalue weighted by atomic mass is 32.1. The van der Waals surface area contributed by atoms with Crippen LogP contribution in [0.3, 0.4) is 0 Å². The minimum Gasteiger partial charge on any atom is -0.315 e. The van der Waals surface area contributed by atoms with Crippen LogP contribution in [0.15, 0.2) is 29.8 Å². The fraction of sp³-hybridized carbons (Fsp3) is 0.471. The van der Waals surface area contributed by atoms with E-state index in [1.165, 1.54) is 28.1 Å². The molecule has 0 bridgehead atoms. The van der Waals surface area contributed by atoms with Gasteiger partial charge < -0.3 is 5.32 Å². The fourth-order valence-corrected chi connectivity index (χ4v) is 4.03. The van der Waals surface area contributed by atoms with Crippen molar-refractivity contribution in [2.75, 3.05) is 26.2 Å². The van der Waals surface area contributed by atoms with Crippen LogP contribution in [0.2, 0.25) is 0 Å². The first-order valence-corrected chi connectivity index (χ1v) is 8.55. The molecule has 21 heavy (non-hydrogen) atoms. The highest BCUT2D eigenvalue weighted by Gasteiger charge is 2.26. The summed E-state index contributed by atoms with van der Waals surface area (Å²) in [6.45, 7) is 8.74. The van der Waals surface area contributed by atoms with Crippen molar-refractivity contribution in [2.24, 2.45) is 0 Å². The number of aryl methyl sites for hydroxylation is 2. The molecule has 3 rings (SSSR count). The largest absolute Gasteiger partial charge is 0.315 e. The maximum Gasteiger partial charge on any atom is 0.0873 e. The lowest BCUT2D eigenvalue weighted by atomic mass is 10.0. The van der Waals surface area contributed by atoms with Crippen LogP contribution >= 0.6 is 11.3 Å². The molecule has 1 aliphatic heterocycles. The van der Waals surface area contributed by atoms with Gasteiger partial charge in [0.2, 0.25) is 0 Å². The third-order valence-electron chi connectivity index (χ3n) is 4.07. The quantitative estimate of drug-likeness (QED) is 0.944. The van der Waals surface area contributed by atoms with Crippen molar-refractivity contribution in [1.82, 2.24) is 15.2 Å². The Balaban J connectivity index is 2.00. The van der Waals surface area contributed by atoms with Crippen molar-refractivity contribution in [2.45, 2.75) is 26.3 Å². The van der Waals surface area contributed by atoms with E-state index in [1.54, 1.807) is 0 Å². The third-order valence-corrected chi connectivity index (χ3v) is 5.17. The molecule has 1 saturated heterocycles. The SMILES string of the molecule is Cc1csc(C(c2ncccc2C)N2CCCNCC2)c1. The zero-order valence-corrected chi connectivity index (χ0v) is 13.6. The number of nitrogens with zero attached hydrogens (tertiary/aromatic N) is 2. The van der Waals surface area contributed by atoms with Gasteiger partial charge in [0.1, 0.15) is 0 Å². The fourth-order valence-electron chi connectivity index (χ4n) is 2.99. The molecule has 2 aromatic heterocycles. The van der Waals surface area contributed by atoms with Crippen LogP contribution in [0, 0.1) is 13.8 Å². The molecule has 112 valence electrons. The molecule has 0 aromatic carbocycles. The second-order valence-electron chi connectivity index (χ2n) is 5.77. The van der Waals surface area contributed by atoms with Crippen LogP contribution in [0.1, 0.15) is 34.2 Å². The molecule has 1 N–H and O–H groups in total. The van der Waals surface area contributed by atoms with Crippen LogP contribution < -0.4 is 5.32 Å². The van der Waals surface area contributed by atoms with E-state index in [0.29, 0.717) is 6.04 Å². The number of nitrogens with one attached hydrogen (secondary N) is 1. The van der Waals surface area contributed by atoms with Crippen molar-refractivity contribution in [3.05, 3.63) is 51.5 Å². The lowest BCUT2D eigenvalue weighted by molar-refractivity contribution is 0.239. The average Bonchev–Trinajstić information content (AvgIpc) is 2.74. The lowest BCUT2D eigenvalue weighted by Crippen LogP contribution is -2.33. The van der Waals surface area contributed by atoms with E-state index >= 15 is 0 Å². The van der Waals surface area contributed by atoms with Gasteiger partial charge in [-0.15, -0.1) is 11.3 Å². The summed E-state index contributed by atoms with van der Waals surface area (Å²) in [4.78, 5) is 8.71. The van der Waals surface area contributed by atoms with Crippen molar-refractivity contribution in [1.29, 1.82) is 0 Å². The van der Waals surface area contributed by atoms with E-state index < -0.39 is 0 Å². The molecule has 3 heterocycles. The van der Waals surface area contributed by atoms with E-state index in [1.807, 2.05) is 23.6 Å². The van der Waals surface area contributed by atoms with Gasteiger partial charge in [-0.2, -0.15) is 0 Å². The van der Waals surface area contributed by atoms with E-state index in [-0.39, 0.29) is 0 Å². The van der Waals surface area contributed by atoms with Crippen molar-refractivity contribution >= 4 is 11.3 Å². The molecule has 1 unspecified atom stereocenters. The summed E-state index contributed by atoms with van der Waals surface area (Å²) in [6.07, 6.45) is 3.12. The molecular weight excluding hydrogens is 278 g/mol. The summed E-state index contributed by atoms with van der Waals surface area (Å²) in [5.41, 5.74) is 3.84.